The monoisotopic (exact) mass is 339 g/mol. The molecule has 0 spiro atoms. The van der Waals surface area contributed by atoms with Gasteiger partial charge in [0.2, 0.25) is 0 Å². The van der Waals surface area contributed by atoms with Crippen LogP contribution in [0.2, 0.25) is 0 Å². The first-order chi connectivity index (χ1) is 11.0. The summed E-state index contributed by atoms with van der Waals surface area (Å²) in [6, 6.07) is 6.18. The zero-order valence-electron chi connectivity index (χ0n) is 12.5. The number of hydrogen-bond acceptors (Lipinski definition) is 7. The molecule has 0 atom stereocenters. The van der Waals surface area contributed by atoms with Crippen molar-refractivity contribution >= 4 is 34.5 Å². The molecule has 1 heterocycles. The zero-order chi connectivity index (χ0) is 17.0. The lowest BCUT2D eigenvalue weighted by molar-refractivity contribution is -0.140. The normalized spacial score (nSPS) is 14.5. The van der Waals surface area contributed by atoms with Crippen LogP contribution in [0.5, 0.6) is 0 Å². The van der Waals surface area contributed by atoms with Gasteiger partial charge in [-0.1, -0.05) is 0 Å². The van der Waals surface area contributed by atoms with Crippen molar-refractivity contribution < 1.29 is 28.6 Å². The lowest BCUT2D eigenvalue weighted by Gasteiger charge is -2.31. The largest absolute Gasteiger partial charge is 0.466 e. The molecule has 0 saturated heterocycles. The van der Waals surface area contributed by atoms with Crippen LogP contribution in [0.4, 0.5) is 5.69 Å². The fraction of sp³-hybridized carbons (Fsp3) is 0.267. The molecule has 0 fully saturated rings. The van der Waals surface area contributed by atoms with E-state index in [0.717, 1.165) is 0 Å². The maximum atomic E-state index is 12.1. The summed E-state index contributed by atoms with van der Waals surface area (Å²) in [6.45, 7) is -0.0229. The second kappa shape index (κ2) is 7.26. The lowest BCUT2D eigenvalue weighted by Crippen LogP contribution is -2.38. The van der Waals surface area contributed by atoms with Gasteiger partial charge in [0, 0.05) is 11.3 Å². The highest BCUT2D eigenvalue weighted by molar-refractivity contribution is 6.67. The molecule has 1 aromatic rings. The van der Waals surface area contributed by atoms with Gasteiger partial charge in [-0.15, -0.1) is 0 Å². The Bertz CT molecular complexity index is 667. The Kier molecular flexibility index (Phi) is 5.36. The van der Waals surface area contributed by atoms with E-state index >= 15 is 0 Å². The van der Waals surface area contributed by atoms with Crippen molar-refractivity contribution in [1.29, 1.82) is 0 Å². The smallest absolute Gasteiger partial charge is 0.355 e. The van der Waals surface area contributed by atoms with E-state index in [1.54, 1.807) is 12.1 Å². The number of halogens is 1. The number of nitrogens with zero attached hydrogens (tertiary/aromatic N) is 1. The summed E-state index contributed by atoms with van der Waals surface area (Å²) < 4.78 is 14.8. The predicted molar refractivity (Wildman–Crippen MR) is 81.0 cm³/mol. The highest BCUT2D eigenvalue weighted by Crippen LogP contribution is 2.27. The van der Waals surface area contributed by atoms with Gasteiger partial charge in [0.15, 0.2) is 0 Å². The quantitative estimate of drug-likeness (QED) is 0.606. The molecule has 7 nitrogen and oxygen atoms in total. The SMILES string of the molecule is COC(=O)C1=C(C(=O)OC)N(c2ccc(C(=O)Cl)cc2)COC1. The van der Waals surface area contributed by atoms with E-state index in [0.29, 0.717) is 11.3 Å². The number of carbonyl (C=O) groups excluding carboxylic acids is 3. The van der Waals surface area contributed by atoms with Gasteiger partial charge in [-0.25, -0.2) is 9.59 Å². The summed E-state index contributed by atoms with van der Waals surface area (Å²) in [7, 11) is 2.43. The zero-order valence-corrected chi connectivity index (χ0v) is 13.3. The third kappa shape index (κ3) is 3.52. The number of rotatable bonds is 4. The molecule has 122 valence electrons. The highest BCUT2D eigenvalue weighted by atomic mass is 35.5. The first-order valence-corrected chi connectivity index (χ1v) is 6.92. The summed E-state index contributed by atoms with van der Waals surface area (Å²) in [6.07, 6.45) is 0. The highest BCUT2D eigenvalue weighted by Gasteiger charge is 2.32. The number of hydrogen-bond donors (Lipinski definition) is 0. The Morgan fingerprint density at radius 2 is 1.70 bits per heavy atom. The third-order valence-electron chi connectivity index (χ3n) is 3.24. The van der Waals surface area contributed by atoms with E-state index in [2.05, 4.69) is 4.74 Å². The van der Waals surface area contributed by atoms with E-state index in [4.69, 9.17) is 21.1 Å². The molecule has 2 rings (SSSR count). The number of anilines is 1. The van der Waals surface area contributed by atoms with Crippen molar-refractivity contribution in [3.05, 3.63) is 41.1 Å². The minimum absolute atomic E-state index is 0.0375. The van der Waals surface area contributed by atoms with Crippen LogP contribution in [0, 0.1) is 0 Å². The van der Waals surface area contributed by atoms with Crippen molar-refractivity contribution in [2.75, 3.05) is 32.5 Å². The van der Waals surface area contributed by atoms with Crippen molar-refractivity contribution in [3.63, 3.8) is 0 Å². The summed E-state index contributed by atoms with van der Waals surface area (Å²) >= 11 is 5.40. The van der Waals surface area contributed by atoms with E-state index < -0.39 is 17.2 Å². The summed E-state index contributed by atoms with van der Waals surface area (Å²) in [5.74, 6) is -1.37. The molecule has 1 aromatic carbocycles. The molecule has 8 heteroatoms. The number of carbonyl (C=O) groups is 3. The van der Waals surface area contributed by atoms with E-state index in [9.17, 15) is 14.4 Å². The van der Waals surface area contributed by atoms with Gasteiger partial charge in [-0.2, -0.15) is 0 Å². The average molecular weight is 340 g/mol. The molecule has 0 aromatic heterocycles. The number of methoxy groups -OCH3 is 2. The van der Waals surface area contributed by atoms with Gasteiger partial charge >= 0.3 is 11.9 Å². The molecular weight excluding hydrogens is 326 g/mol. The standard InChI is InChI=1S/C15H14ClNO6/c1-21-14(19)11-7-23-8-17(12(11)15(20)22-2)10-5-3-9(4-6-10)13(16)18/h3-6H,7-8H2,1-2H3. The maximum absolute atomic E-state index is 12.1. The van der Waals surface area contributed by atoms with Crippen molar-refractivity contribution in [2.45, 2.75) is 0 Å². The topological polar surface area (TPSA) is 82.1 Å². The minimum Gasteiger partial charge on any atom is -0.466 e. The molecule has 0 unspecified atom stereocenters. The number of benzene rings is 1. The van der Waals surface area contributed by atoms with Crippen LogP contribution in [-0.2, 0) is 23.8 Å². The molecule has 0 saturated carbocycles. The molecule has 0 amide bonds. The maximum Gasteiger partial charge on any atom is 0.355 e. The summed E-state index contributed by atoms with van der Waals surface area (Å²) in [4.78, 5) is 36.5. The molecule has 0 aliphatic carbocycles. The fourth-order valence-corrected chi connectivity index (χ4v) is 2.25. The molecule has 0 radical (unpaired) electrons. The van der Waals surface area contributed by atoms with Crippen molar-refractivity contribution in [2.24, 2.45) is 0 Å². The van der Waals surface area contributed by atoms with Gasteiger partial charge in [0.25, 0.3) is 5.24 Å². The Balaban J connectivity index is 2.48. The van der Waals surface area contributed by atoms with Crippen LogP contribution in [-0.4, -0.2) is 44.7 Å². The molecule has 0 N–H and O–H groups in total. The van der Waals surface area contributed by atoms with Crippen LogP contribution < -0.4 is 4.90 Å². The van der Waals surface area contributed by atoms with Crippen LogP contribution in [0.15, 0.2) is 35.5 Å². The van der Waals surface area contributed by atoms with Crippen LogP contribution >= 0.6 is 11.6 Å². The van der Waals surface area contributed by atoms with Crippen LogP contribution in [0.1, 0.15) is 10.4 Å². The van der Waals surface area contributed by atoms with E-state index in [1.807, 2.05) is 0 Å². The first kappa shape index (κ1) is 17.0. The molecule has 23 heavy (non-hydrogen) atoms. The van der Waals surface area contributed by atoms with E-state index in [-0.39, 0.29) is 24.6 Å². The fourth-order valence-electron chi connectivity index (χ4n) is 2.12. The summed E-state index contributed by atoms with van der Waals surface area (Å²) in [5, 5.41) is -0.592. The second-order valence-electron chi connectivity index (χ2n) is 4.54. The van der Waals surface area contributed by atoms with Crippen LogP contribution in [0.3, 0.4) is 0 Å². The molecular formula is C15H14ClNO6. The summed E-state index contributed by atoms with van der Waals surface area (Å²) in [5.41, 5.74) is 0.942. The van der Waals surface area contributed by atoms with Gasteiger partial charge in [-0.05, 0) is 35.9 Å². The Labute approximate surface area is 137 Å². The third-order valence-corrected chi connectivity index (χ3v) is 3.46. The Hall–Kier alpha value is -2.38. The minimum atomic E-state index is -0.689. The second-order valence-corrected chi connectivity index (χ2v) is 4.88. The molecule has 1 aliphatic rings. The number of ether oxygens (including phenoxy) is 3. The van der Waals surface area contributed by atoms with Gasteiger partial charge < -0.3 is 19.1 Å². The first-order valence-electron chi connectivity index (χ1n) is 6.54. The van der Waals surface area contributed by atoms with Crippen molar-refractivity contribution in [1.82, 2.24) is 0 Å². The Morgan fingerprint density at radius 1 is 1.09 bits per heavy atom. The average Bonchev–Trinajstić information content (AvgIpc) is 2.59. The van der Waals surface area contributed by atoms with Crippen LogP contribution in [0.25, 0.3) is 0 Å². The Morgan fingerprint density at radius 3 is 2.22 bits per heavy atom. The molecule has 0 bridgehead atoms. The molecule has 1 aliphatic heterocycles. The van der Waals surface area contributed by atoms with Gasteiger partial charge in [0.1, 0.15) is 12.4 Å². The van der Waals surface area contributed by atoms with Gasteiger partial charge in [-0.3, -0.25) is 4.79 Å². The van der Waals surface area contributed by atoms with Crippen molar-refractivity contribution in [3.8, 4) is 0 Å². The van der Waals surface area contributed by atoms with Gasteiger partial charge in [0.05, 0.1) is 26.4 Å². The predicted octanol–water partition coefficient (Wildman–Crippen LogP) is 1.46. The lowest BCUT2D eigenvalue weighted by atomic mass is 10.1. The van der Waals surface area contributed by atoms with E-state index in [1.165, 1.54) is 31.3 Å². The number of esters is 2.